The van der Waals surface area contributed by atoms with Gasteiger partial charge in [-0.3, -0.25) is 24.4 Å². The fourth-order valence-electron chi connectivity index (χ4n) is 4.31. The zero-order valence-corrected chi connectivity index (χ0v) is 17.4. The Balaban J connectivity index is 1.57. The molecule has 1 atom stereocenters. The van der Waals surface area contributed by atoms with Gasteiger partial charge in [-0.1, -0.05) is 28.1 Å². The highest BCUT2D eigenvalue weighted by Gasteiger charge is 2.32. The summed E-state index contributed by atoms with van der Waals surface area (Å²) < 4.78 is 1.82. The van der Waals surface area contributed by atoms with E-state index in [0.717, 1.165) is 42.5 Å². The molecular weight excluding hydrogens is 424 g/mol. The minimum Gasteiger partial charge on any atom is -0.342 e. The highest BCUT2D eigenvalue weighted by Crippen LogP contribution is 2.34. The molecule has 1 N–H and O–H groups in total. The van der Waals surface area contributed by atoms with E-state index in [4.69, 9.17) is 0 Å². The Labute approximate surface area is 171 Å². The van der Waals surface area contributed by atoms with Gasteiger partial charge in [0.1, 0.15) is 0 Å². The van der Waals surface area contributed by atoms with E-state index < -0.39 is 0 Å². The Morgan fingerprint density at radius 2 is 2.00 bits per heavy atom. The van der Waals surface area contributed by atoms with Crippen LogP contribution in [-0.2, 0) is 21.4 Å². The van der Waals surface area contributed by atoms with Gasteiger partial charge in [0.25, 0.3) is 0 Å². The number of imide groups is 1. The van der Waals surface area contributed by atoms with Gasteiger partial charge in [0, 0.05) is 31.9 Å². The van der Waals surface area contributed by atoms with Gasteiger partial charge < -0.3 is 4.90 Å². The molecule has 0 spiro atoms. The van der Waals surface area contributed by atoms with Crippen LogP contribution in [0.3, 0.4) is 0 Å². The summed E-state index contributed by atoms with van der Waals surface area (Å²) in [5.41, 5.74) is 2.99. The number of carbonyl (C=O) groups is 3. The fourth-order valence-corrected chi connectivity index (χ4v) is 4.67. The number of aromatic nitrogens is 2. The number of halogens is 1. The SMILES string of the molecule is Cn1nc(C2CCC(=O)NC2=O)c2ccc(C3CCN(C(=O)CBr)CC3)cc21. The molecular formula is C20H23BrN4O3. The molecule has 0 radical (unpaired) electrons. The summed E-state index contributed by atoms with van der Waals surface area (Å²) in [5, 5.41) is 8.37. The Kier molecular flexibility index (Phi) is 5.23. The Morgan fingerprint density at radius 3 is 2.68 bits per heavy atom. The van der Waals surface area contributed by atoms with Crippen LogP contribution in [0.5, 0.6) is 0 Å². The summed E-state index contributed by atoms with van der Waals surface area (Å²) in [6, 6.07) is 6.32. The first-order valence-electron chi connectivity index (χ1n) is 9.62. The van der Waals surface area contributed by atoms with Gasteiger partial charge >= 0.3 is 0 Å². The summed E-state index contributed by atoms with van der Waals surface area (Å²) in [6.07, 6.45) is 2.74. The van der Waals surface area contributed by atoms with Gasteiger partial charge in [0.2, 0.25) is 17.7 Å². The maximum absolute atomic E-state index is 12.3. The van der Waals surface area contributed by atoms with E-state index in [2.05, 4.69) is 38.5 Å². The Hall–Kier alpha value is -2.22. The number of carbonyl (C=O) groups excluding carboxylic acids is 3. The molecule has 1 aromatic carbocycles. The van der Waals surface area contributed by atoms with Gasteiger partial charge in [-0.25, -0.2) is 0 Å². The third kappa shape index (κ3) is 3.45. The molecule has 148 valence electrons. The quantitative estimate of drug-likeness (QED) is 0.578. The number of hydrogen-bond acceptors (Lipinski definition) is 4. The van der Waals surface area contributed by atoms with Crippen LogP contribution in [0.1, 0.15) is 48.8 Å². The molecule has 3 heterocycles. The number of piperidine rings is 2. The molecule has 2 fully saturated rings. The number of amides is 3. The third-order valence-electron chi connectivity index (χ3n) is 5.91. The summed E-state index contributed by atoms with van der Waals surface area (Å²) in [4.78, 5) is 37.5. The minimum atomic E-state index is -0.384. The van der Waals surface area contributed by atoms with Gasteiger partial charge in [-0.15, -0.1) is 0 Å². The zero-order chi connectivity index (χ0) is 19.8. The fraction of sp³-hybridized carbons (Fsp3) is 0.500. The largest absolute Gasteiger partial charge is 0.342 e. The van der Waals surface area contributed by atoms with Gasteiger partial charge in [0.05, 0.1) is 22.5 Å². The first-order chi connectivity index (χ1) is 13.5. The number of nitrogens with one attached hydrogen (secondary N) is 1. The van der Waals surface area contributed by atoms with Gasteiger partial charge in [0.15, 0.2) is 0 Å². The Morgan fingerprint density at radius 1 is 1.25 bits per heavy atom. The van der Waals surface area contributed by atoms with Crippen molar-refractivity contribution in [1.82, 2.24) is 20.0 Å². The summed E-state index contributed by atoms with van der Waals surface area (Å²) in [6.45, 7) is 1.56. The standard InChI is InChI=1S/C20H23BrN4O3/c1-24-16-10-13(12-6-8-25(9-7-12)18(27)11-21)2-3-14(16)19(23-24)15-4-5-17(26)22-20(15)28/h2-3,10,12,15H,4-9,11H2,1H3,(H,22,26,28). The van der Waals surface area contributed by atoms with E-state index in [-0.39, 0.29) is 23.6 Å². The lowest BCUT2D eigenvalue weighted by Gasteiger charge is -2.32. The van der Waals surface area contributed by atoms with Crippen molar-refractivity contribution in [3.63, 3.8) is 0 Å². The van der Waals surface area contributed by atoms with Crippen LogP contribution in [0.15, 0.2) is 18.2 Å². The molecule has 2 aliphatic heterocycles. The van der Waals surface area contributed by atoms with Crippen LogP contribution in [0.25, 0.3) is 10.9 Å². The molecule has 2 aromatic rings. The van der Waals surface area contributed by atoms with Crippen LogP contribution < -0.4 is 5.32 Å². The van der Waals surface area contributed by atoms with E-state index >= 15 is 0 Å². The number of aryl methyl sites for hydroxylation is 1. The normalized spacial score (nSPS) is 21.2. The minimum absolute atomic E-state index is 0.148. The molecule has 1 unspecified atom stereocenters. The van der Waals surface area contributed by atoms with Crippen molar-refractivity contribution in [3.8, 4) is 0 Å². The average molecular weight is 447 g/mol. The number of benzene rings is 1. The van der Waals surface area contributed by atoms with Crippen molar-refractivity contribution in [1.29, 1.82) is 0 Å². The van der Waals surface area contributed by atoms with E-state index in [0.29, 0.717) is 24.1 Å². The van der Waals surface area contributed by atoms with E-state index in [1.54, 1.807) is 0 Å². The molecule has 1 aromatic heterocycles. The lowest BCUT2D eigenvalue weighted by Crippen LogP contribution is -2.39. The second-order valence-corrected chi connectivity index (χ2v) is 8.14. The highest BCUT2D eigenvalue weighted by atomic mass is 79.9. The van der Waals surface area contributed by atoms with E-state index in [1.165, 1.54) is 5.56 Å². The highest BCUT2D eigenvalue weighted by molar-refractivity contribution is 9.09. The first kappa shape index (κ1) is 19.1. The number of hydrogen-bond donors (Lipinski definition) is 1. The maximum Gasteiger partial charge on any atom is 0.235 e. The molecule has 7 nitrogen and oxygen atoms in total. The molecule has 28 heavy (non-hydrogen) atoms. The average Bonchev–Trinajstić information content (AvgIpc) is 3.03. The summed E-state index contributed by atoms with van der Waals surface area (Å²) in [5.74, 6) is -0.296. The molecule has 2 saturated heterocycles. The first-order valence-corrected chi connectivity index (χ1v) is 10.7. The van der Waals surface area contributed by atoms with Crippen molar-refractivity contribution in [2.24, 2.45) is 7.05 Å². The molecule has 3 amide bonds. The number of likely N-dealkylation sites (tertiary alicyclic amines) is 1. The lowest BCUT2D eigenvalue weighted by atomic mass is 9.88. The van der Waals surface area contributed by atoms with Crippen molar-refractivity contribution in [3.05, 3.63) is 29.5 Å². The van der Waals surface area contributed by atoms with Crippen molar-refractivity contribution in [2.45, 2.75) is 37.5 Å². The molecule has 0 saturated carbocycles. The molecule has 4 rings (SSSR count). The van der Waals surface area contributed by atoms with Crippen LogP contribution in [-0.4, -0.2) is 50.8 Å². The summed E-state index contributed by atoms with van der Waals surface area (Å²) in [7, 11) is 1.89. The number of fused-ring (bicyclic) bond motifs is 1. The maximum atomic E-state index is 12.3. The zero-order valence-electron chi connectivity index (χ0n) is 15.8. The number of rotatable bonds is 3. The molecule has 0 bridgehead atoms. The van der Waals surface area contributed by atoms with Crippen LogP contribution in [0.2, 0.25) is 0 Å². The second-order valence-electron chi connectivity index (χ2n) is 7.58. The lowest BCUT2D eigenvalue weighted by molar-refractivity contribution is -0.134. The monoisotopic (exact) mass is 446 g/mol. The smallest absolute Gasteiger partial charge is 0.235 e. The van der Waals surface area contributed by atoms with Crippen molar-refractivity contribution in [2.75, 3.05) is 18.4 Å². The van der Waals surface area contributed by atoms with E-state index in [1.807, 2.05) is 22.7 Å². The third-order valence-corrected chi connectivity index (χ3v) is 6.39. The van der Waals surface area contributed by atoms with Gasteiger partial charge in [-0.2, -0.15) is 5.10 Å². The summed E-state index contributed by atoms with van der Waals surface area (Å²) >= 11 is 3.24. The van der Waals surface area contributed by atoms with Crippen molar-refractivity contribution >= 4 is 44.6 Å². The van der Waals surface area contributed by atoms with Crippen LogP contribution in [0, 0.1) is 0 Å². The number of alkyl halides is 1. The van der Waals surface area contributed by atoms with E-state index in [9.17, 15) is 14.4 Å². The number of nitrogens with zero attached hydrogens (tertiary/aromatic N) is 3. The second kappa shape index (κ2) is 7.66. The Bertz CT molecular complexity index is 946. The molecule has 8 heteroatoms. The predicted molar refractivity (Wildman–Crippen MR) is 108 cm³/mol. The molecule has 2 aliphatic rings. The van der Waals surface area contributed by atoms with Gasteiger partial charge in [-0.05, 0) is 36.8 Å². The van der Waals surface area contributed by atoms with Crippen molar-refractivity contribution < 1.29 is 14.4 Å². The van der Waals surface area contributed by atoms with Crippen LogP contribution >= 0.6 is 15.9 Å². The topological polar surface area (TPSA) is 84.3 Å². The van der Waals surface area contributed by atoms with Crippen LogP contribution in [0.4, 0.5) is 0 Å². The predicted octanol–water partition coefficient (Wildman–Crippen LogP) is 2.19. The molecule has 0 aliphatic carbocycles.